The first-order chi connectivity index (χ1) is 39.0. The minimum absolute atomic E-state index is 0.00909. The zero-order valence-corrected chi connectivity index (χ0v) is 54.2. The first kappa shape index (κ1) is 77.7. The zero-order chi connectivity index (χ0) is 58.4. The number of phosphoric ester groups is 1. The van der Waals surface area contributed by atoms with Gasteiger partial charge in [0.05, 0.1) is 39.9 Å². The first-order valence-electron chi connectivity index (χ1n) is 33.9. The van der Waals surface area contributed by atoms with E-state index in [-0.39, 0.29) is 12.5 Å². The highest BCUT2D eigenvalue weighted by molar-refractivity contribution is 7.45. The number of likely N-dealkylation sites (N-methyl/N-ethyl adjacent to an activating group) is 1. The summed E-state index contributed by atoms with van der Waals surface area (Å²) in [6, 6.07) is -0.910. The molecule has 0 fully saturated rings. The average Bonchev–Trinajstić information content (AvgIpc) is 3.42. The Balaban J connectivity index is 4.14. The van der Waals surface area contributed by atoms with Crippen LogP contribution in [0.4, 0.5) is 0 Å². The van der Waals surface area contributed by atoms with Gasteiger partial charge < -0.3 is 28.8 Å². The van der Waals surface area contributed by atoms with Gasteiger partial charge in [-0.15, -0.1) is 0 Å². The van der Waals surface area contributed by atoms with E-state index in [4.69, 9.17) is 9.05 Å². The van der Waals surface area contributed by atoms with Crippen LogP contribution in [0.25, 0.3) is 0 Å². The molecule has 0 heterocycles. The van der Waals surface area contributed by atoms with Crippen molar-refractivity contribution in [2.45, 2.75) is 321 Å². The SMILES string of the molecule is CC/C=C\C/C=C\C/C=C\C/C=C\C/C=C\CCCCCCCCCCCCCCCC(=O)NC(COP(=O)([O-])OCC[N+](C)(C)C)C(O)/C=C/CC/C=C/CCCCCCCCCCCCCCCCCCCCCCCCC. The van der Waals surface area contributed by atoms with Gasteiger partial charge in [-0.25, -0.2) is 0 Å². The Morgan fingerprint density at radius 3 is 1.16 bits per heavy atom. The van der Waals surface area contributed by atoms with Crippen LogP contribution < -0.4 is 10.2 Å². The lowest BCUT2D eigenvalue weighted by Gasteiger charge is -2.29. The van der Waals surface area contributed by atoms with Crippen LogP contribution in [0.2, 0.25) is 0 Å². The Bertz CT molecular complexity index is 1580. The number of carbonyl (C=O) groups is 1. The number of carbonyl (C=O) groups excluding carboxylic acids is 1. The van der Waals surface area contributed by atoms with Gasteiger partial charge in [0, 0.05) is 6.42 Å². The lowest BCUT2D eigenvalue weighted by Crippen LogP contribution is -2.45. The summed E-state index contributed by atoms with van der Waals surface area (Å²) in [5.41, 5.74) is 0. The fourth-order valence-corrected chi connectivity index (χ4v) is 10.6. The van der Waals surface area contributed by atoms with Gasteiger partial charge in [0.15, 0.2) is 0 Å². The standard InChI is InChI=1S/C71H131N2O6P/c1-6-8-10-12-14-16-18-20-22-24-26-28-30-32-34-36-38-40-42-44-46-48-50-52-54-56-58-60-62-64-70(74)69(68-79-80(76,77)78-67-66-73(3,4)5)72-71(75)65-63-61-59-57-55-53-51-49-47-45-43-41-39-37-35-33-31-29-27-25-23-21-19-17-15-13-11-9-7-2/h9,11,15,17,21,23,27,29,33,35,54,56,62,64,69-70,74H,6-8,10,12-14,16,18-20,22,24-26,28,30-32,34,36-53,55,57-61,63,65-68H2,1-5H3,(H-,72,75,76,77)/b11-9-,17-15-,23-21-,29-27-,35-33-,56-54+,64-62+. The van der Waals surface area contributed by atoms with Gasteiger partial charge in [-0.1, -0.05) is 311 Å². The monoisotopic (exact) mass is 1140 g/mol. The van der Waals surface area contributed by atoms with E-state index in [9.17, 15) is 19.4 Å². The maximum Gasteiger partial charge on any atom is 0.268 e. The minimum Gasteiger partial charge on any atom is -0.756 e. The summed E-state index contributed by atoms with van der Waals surface area (Å²) in [6.45, 7) is 4.55. The van der Waals surface area contributed by atoms with Crippen LogP contribution in [0.15, 0.2) is 85.1 Å². The van der Waals surface area contributed by atoms with E-state index in [2.05, 4.69) is 92.1 Å². The van der Waals surface area contributed by atoms with Crippen molar-refractivity contribution in [3.63, 3.8) is 0 Å². The minimum atomic E-state index is -4.62. The lowest BCUT2D eigenvalue weighted by atomic mass is 10.0. The molecular weight excluding hydrogens is 1010 g/mol. The van der Waals surface area contributed by atoms with Gasteiger partial charge in [-0.2, -0.15) is 0 Å². The third kappa shape index (κ3) is 63.3. The summed E-state index contributed by atoms with van der Waals surface area (Å²) >= 11 is 0. The van der Waals surface area contributed by atoms with E-state index in [1.807, 2.05) is 27.2 Å². The van der Waals surface area contributed by atoms with Crippen molar-refractivity contribution in [1.82, 2.24) is 5.32 Å². The highest BCUT2D eigenvalue weighted by Gasteiger charge is 2.23. The summed E-state index contributed by atoms with van der Waals surface area (Å²) in [6.07, 6.45) is 87.0. The van der Waals surface area contributed by atoms with Gasteiger partial charge in [0.25, 0.3) is 7.82 Å². The summed E-state index contributed by atoms with van der Waals surface area (Å²) < 4.78 is 23.4. The molecule has 3 unspecified atom stereocenters. The molecule has 3 atom stereocenters. The number of hydrogen-bond acceptors (Lipinski definition) is 6. The van der Waals surface area contributed by atoms with Crippen molar-refractivity contribution in [2.24, 2.45) is 0 Å². The maximum absolute atomic E-state index is 13.0. The lowest BCUT2D eigenvalue weighted by molar-refractivity contribution is -0.870. The molecule has 0 bridgehead atoms. The van der Waals surface area contributed by atoms with Crippen LogP contribution in [0.3, 0.4) is 0 Å². The van der Waals surface area contributed by atoms with Crippen LogP contribution in [0.5, 0.6) is 0 Å². The molecule has 2 N–H and O–H groups in total. The molecule has 0 aliphatic heterocycles. The van der Waals surface area contributed by atoms with E-state index in [1.165, 1.54) is 218 Å². The molecule has 466 valence electrons. The number of quaternary nitrogens is 1. The Labute approximate surface area is 497 Å². The number of rotatable bonds is 62. The molecule has 0 aliphatic carbocycles. The van der Waals surface area contributed by atoms with Gasteiger partial charge >= 0.3 is 0 Å². The van der Waals surface area contributed by atoms with Crippen molar-refractivity contribution < 1.29 is 32.9 Å². The summed E-state index contributed by atoms with van der Waals surface area (Å²) in [7, 11) is 1.24. The Morgan fingerprint density at radius 2 is 0.775 bits per heavy atom. The van der Waals surface area contributed by atoms with Gasteiger partial charge in [0.2, 0.25) is 5.91 Å². The number of amides is 1. The molecule has 0 saturated heterocycles. The van der Waals surface area contributed by atoms with Crippen LogP contribution in [0, 0.1) is 0 Å². The second kappa shape index (κ2) is 61.2. The zero-order valence-electron chi connectivity index (χ0n) is 53.3. The third-order valence-electron chi connectivity index (χ3n) is 15.1. The molecule has 0 aromatic rings. The molecule has 0 saturated carbocycles. The fraction of sp³-hybridized carbons (Fsp3) is 0.789. The second-order valence-corrected chi connectivity index (χ2v) is 25.6. The number of aliphatic hydroxyl groups excluding tert-OH is 1. The van der Waals surface area contributed by atoms with E-state index < -0.39 is 26.6 Å². The van der Waals surface area contributed by atoms with Crippen molar-refractivity contribution >= 4 is 13.7 Å². The number of unbranched alkanes of at least 4 members (excludes halogenated alkanes) is 37. The summed E-state index contributed by atoms with van der Waals surface area (Å²) in [5, 5.41) is 13.9. The Kier molecular flexibility index (Phi) is 59.5. The number of hydrogen-bond donors (Lipinski definition) is 2. The van der Waals surface area contributed by atoms with Crippen LogP contribution in [0.1, 0.15) is 309 Å². The number of phosphoric acid groups is 1. The van der Waals surface area contributed by atoms with Crippen LogP contribution >= 0.6 is 7.82 Å². The molecule has 0 aliphatic rings. The van der Waals surface area contributed by atoms with Crippen molar-refractivity contribution in [2.75, 3.05) is 40.9 Å². The molecule has 9 heteroatoms. The molecule has 1 amide bonds. The molecule has 80 heavy (non-hydrogen) atoms. The number of nitrogens with one attached hydrogen (secondary N) is 1. The second-order valence-electron chi connectivity index (χ2n) is 24.1. The predicted octanol–water partition coefficient (Wildman–Crippen LogP) is 20.9. The molecule has 0 radical (unpaired) electrons. The highest BCUT2D eigenvalue weighted by Crippen LogP contribution is 2.38. The van der Waals surface area contributed by atoms with Crippen molar-refractivity contribution in [3.05, 3.63) is 85.1 Å². The van der Waals surface area contributed by atoms with Crippen molar-refractivity contribution in [3.8, 4) is 0 Å². The highest BCUT2D eigenvalue weighted by atomic mass is 31.2. The van der Waals surface area contributed by atoms with E-state index >= 15 is 0 Å². The smallest absolute Gasteiger partial charge is 0.268 e. The summed E-state index contributed by atoms with van der Waals surface area (Å²) in [4.78, 5) is 25.6. The number of nitrogens with zero attached hydrogens (tertiary/aromatic N) is 1. The first-order valence-corrected chi connectivity index (χ1v) is 35.4. The predicted molar refractivity (Wildman–Crippen MR) is 348 cm³/mol. The van der Waals surface area contributed by atoms with Gasteiger partial charge in [-0.05, 0) is 77.0 Å². The maximum atomic E-state index is 13.0. The van der Waals surface area contributed by atoms with Crippen LogP contribution in [-0.2, 0) is 18.4 Å². The summed E-state index contributed by atoms with van der Waals surface area (Å²) in [5.74, 6) is -0.208. The van der Waals surface area contributed by atoms with Gasteiger partial charge in [0.1, 0.15) is 13.2 Å². The van der Waals surface area contributed by atoms with Crippen LogP contribution in [-0.4, -0.2) is 68.5 Å². The Morgan fingerprint density at radius 1 is 0.450 bits per heavy atom. The third-order valence-corrected chi connectivity index (χ3v) is 16.1. The normalized spacial score (nSPS) is 14.2. The van der Waals surface area contributed by atoms with E-state index in [0.717, 1.165) is 70.6 Å². The molecule has 0 spiro atoms. The molecule has 0 aromatic carbocycles. The number of aliphatic hydroxyl groups is 1. The average molecular weight is 1140 g/mol. The van der Waals surface area contributed by atoms with E-state index in [0.29, 0.717) is 17.4 Å². The molecule has 0 aromatic heterocycles. The molecular formula is C71H131N2O6P. The fourth-order valence-electron chi connectivity index (χ4n) is 9.85. The Hall–Kier alpha value is -2.32. The van der Waals surface area contributed by atoms with E-state index in [1.54, 1.807) is 6.08 Å². The topological polar surface area (TPSA) is 108 Å². The largest absolute Gasteiger partial charge is 0.756 e. The van der Waals surface area contributed by atoms with Crippen molar-refractivity contribution in [1.29, 1.82) is 0 Å². The van der Waals surface area contributed by atoms with Gasteiger partial charge in [-0.3, -0.25) is 9.36 Å². The number of allylic oxidation sites excluding steroid dienone is 13. The molecule has 8 nitrogen and oxygen atoms in total. The molecule has 0 rings (SSSR count). The quantitative estimate of drug-likeness (QED) is 0.0272.